The van der Waals surface area contributed by atoms with Gasteiger partial charge in [-0.3, -0.25) is 0 Å². The van der Waals surface area contributed by atoms with Gasteiger partial charge in [-0.25, -0.2) is 17.6 Å². The highest BCUT2D eigenvalue weighted by molar-refractivity contribution is 7.92. The molecule has 0 heterocycles. The van der Waals surface area contributed by atoms with Crippen molar-refractivity contribution in [2.24, 2.45) is 0 Å². The van der Waals surface area contributed by atoms with Crippen molar-refractivity contribution in [3.05, 3.63) is 29.6 Å². The molecule has 18 heavy (non-hydrogen) atoms. The van der Waals surface area contributed by atoms with E-state index >= 15 is 0 Å². The number of halogens is 1. The van der Waals surface area contributed by atoms with E-state index < -0.39 is 31.8 Å². The minimum atomic E-state index is -3.74. The van der Waals surface area contributed by atoms with Crippen molar-refractivity contribution in [3.63, 3.8) is 0 Å². The van der Waals surface area contributed by atoms with E-state index in [1.165, 1.54) is 0 Å². The summed E-state index contributed by atoms with van der Waals surface area (Å²) in [6.07, 6.45) is 0.776. The van der Waals surface area contributed by atoms with Gasteiger partial charge in [0.25, 0.3) is 0 Å². The van der Waals surface area contributed by atoms with E-state index in [2.05, 4.69) is 0 Å². The Bertz CT molecular complexity index is 547. The summed E-state index contributed by atoms with van der Waals surface area (Å²) >= 11 is 0. The number of rotatable bonds is 5. The second kappa shape index (κ2) is 5.48. The van der Waals surface area contributed by atoms with Crippen molar-refractivity contribution in [1.82, 2.24) is 0 Å². The maximum atomic E-state index is 13.7. The fourth-order valence-corrected chi connectivity index (χ4v) is 3.60. The Balaban J connectivity index is 3.30. The van der Waals surface area contributed by atoms with Gasteiger partial charge in [-0.1, -0.05) is 13.8 Å². The first kappa shape index (κ1) is 14.6. The maximum absolute atomic E-state index is 13.7. The van der Waals surface area contributed by atoms with Gasteiger partial charge in [0.05, 0.1) is 10.8 Å². The normalized spacial score (nSPS) is 11.8. The number of aromatic carboxylic acids is 1. The van der Waals surface area contributed by atoms with Crippen LogP contribution in [0.25, 0.3) is 0 Å². The lowest BCUT2D eigenvalue weighted by molar-refractivity contribution is 0.0696. The molecule has 0 aliphatic carbocycles. The summed E-state index contributed by atoms with van der Waals surface area (Å²) in [4.78, 5) is 10.2. The van der Waals surface area contributed by atoms with Gasteiger partial charge >= 0.3 is 5.97 Å². The van der Waals surface area contributed by atoms with Gasteiger partial charge < -0.3 is 5.11 Å². The van der Waals surface area contributed by atoms with E-state index in [1.54, 1.807) is 13.8 Å². The highest BCUT2D eigenvalue weighted by Crippen LogP contribution is 2.24. The van der Waals surface area contributed by atoms with Gasteiger partial charge in [0.15, 0.2) is 9.84 Å². The maximum Gasteiger partial charge on any atom is 0.335 e. The Morgan fingerprint density at radius 1 is 1.33 bits per heavy atom. The summed E-state index contributed by atoms with van der Waals surface area (Å²) in [5.74, 6) is -2.30. The molecule has 0 saturated carbocycles. The monoisotopic (exact) mass is 274 g/mol. The number of carboxylic acids is 1. The van der Waals surface area contributed by atoms with E-state index in [1.807, 2.05) is 0 Å². The largest absolute Gasteiger partial charge is 0.478 e. The number of hydrogen-bond acceptors (Lipinski definition) is 3. The molecule has 0 atom stereocenters. The third kappa shape index (κ3) is 2.69. The van der Waals surface area contributed by atoms with Crippen molar-refractivity contribution in [2.45, 2.75) is 36.8 Å². The van der Waals surface area contributed by atoms with E-state index in [0.29, 0.717) is 12.8 Å². The molecule has 0 aliphatic heterocycles. The van der Waals surface area contributed by atoms with Crippen LogP contribution in [-0.4, -0.2) is 24.7 Å². The van der Waals surface area contributed by atoms with Gasteiger partial charge in [0.2, 0.25) is 0 Å². The van der Waals surface area contributed by atoms with Crippen molar-refractivity contribution in [2.75, 3.05) is 0 Å². The topological polar surface area (TPSA) is 71.4 Å². The Morgan fingerprint density at radius 2 is 1.89 bits per heavy atom. The minimum absolute atomic E-state index is 0.268. The first-order chi connectivity index (χ1) is 8.34. The molecule has 0 spiro atoms. The molecule has 0 fully saturated rings. The van der Waals surface area contributed by atoms with Crippen LogP contribution in [0.1, 0.15) is 37.0 Å². The number of carbonyl (C=O) groups is 1. The zero-order valence-electron chi connectivity index (χ0n) is 10.2. The highest BCUT2D eigenvalue weighted by atomic mass is 32.2. The SMILES string of the molecule is CCC(CC)S(=O)(=O)c1ccc(C(=O)O)cc1F. The summed E-state index contributed by atoms with van der Waals surface area (Å²) in [5, 5.41) is 8.04. The molecule has 1 aromatic carbocycles. The van der Waals surface area contributed by atoms with Crippen molar-refractivity contribution in [1.29, 1.82) is 0 Å². The zero-order chi connectivity index (χ0) is 13.9. The molecule has 1 rings (SSSR count). The molecule has 0 bridgehead atoms. The number of carboxylic acid groups (broad SMARTS) is 1. The van der Waals surface area contributed by atoms with Crippen LogP contribution in [0, 0.1) is 5.82 Å². The summed E-state index contributed by atoms with van der Waals surface area (Å²) in [7, 11) is -3.74. The quantitative estimate of drug-likeness (QED) is 0.895. The third-order valence-corrected chi connectivity index (χ3v) is 5.32. The van der Waals surface area contributed by atoms with Crippen LogP contribution in [0.5, 0.6) is 0 Å². The lowest BCUT2D eigenvalue weighted by Crippen LogP contribution is -2.21. The molecule has 6 heteroatoms. The molecule has 0 saturated heterocycles. The average molecular weight is 274 g/mol. The highest BCUT2D eigenvalue weighted by Gasteiger charge is 2.27. The number of hydrogen-bond donors (Lipinski definition) is 1. The van der Waals surface area contributed by atoms with Gasteiger partial charge in [0.1, 0.15) is 10.7 Å². The van der Waals surface area contributed by atoms with E-state index in [-0.39, 0.29) is 5.56 Å². The smallest absolute Gasteiger partial charge is 0.335 e. The average Bonchev–Trinajstić information content (AvgIpc) is 2.29. The summed E-state index contributed by atoms with van der Waals surface area (Å²) < 4.78 is 37.9. The van der Waals surface area contributed by atoms with Gasteiger partial charge in [0, 0.05) is 0 Å². The molecule has 1 N–H and O–H groups in total. The van der Waals surface area contributed by atoms with Crippen LogP contribution in [0.3, 0.4) is 0 Å². The Morgan fingerprint density at radius 3 is 2.28 bits per heavy atom. The van der Waals surface area contributed by atoms with Crippen molar-refractivity contribution < 1.29 is 22.7 Å². The summed E-state index contributed by atoms with van der Waals surface area (Å²) in [5.41, 5.74) is -0.268. The van der Waals surface area contributed by atoms with Crippen LogP contribution < -0.4 is 0 Å². The molecule has 0 unspecified atom stereocenters. The van der Waals surface area contributed by atoms with Crippen LogP contribution in [0.4, 0.5) is 4.39 Å². The standard InChI is InChI=1S/C12H15FO4S/c1-3-9(4-2)18(16,17)11-6-5-8(12(14)15)7-10(11)13/h5-7,9H,3-4H2,1-2H3,(H,14,15). The fraction of sp³-hybridized carbons (Fsp3) is 0.417. The first-order valence-corrected chi connectivity index (χ1v) is 7.15. The summed E-state index contributed by atoms with van der Waals surface area (Å²) in [6, 6.07) is 2.85. The minimum Gasteiger partial charge on any atom is -0.478 e. The van der Waals surface area contributed by atoms with Crippen molar-refractivity contribution >= 4 is 15.8 Å². The lowest BCUT2D eigenvalue weighted by atomic mass is 10.2. The van der Waals surface area contributed by atoms with E-state index in [0.717, 1.165) is 18.2 Å². The molecule has 100 valence electrons. The van der Waals surface area contributed by atoms with E-state index in [4.69, 9.17) is 5.11 Å². The van der Waals surface area contributed by atoms with Crippen LogP contribution in [-0.2, 0) is 9.84 Å². The molecule has 0 amide bonds. The second-order valence-corrected chi connectivity index (χ2v) is 6.13. The molecular formula is C12H15FO4S. The third-order valence-electron chi connectivity index (χ3n) is 2.83. The first-order valence-electron chi connectivity index (χ1n) is 5.61. The van der Waals surface area contributed by atoms with E-state index in [9.17, 15) is 17.6 Å². The molecule has 0 aromatic heterocycles. The fourth-order valence-electron chi connectivity index (χ4n) is 1.77. The Hall–Kier alpha value is -1.43. The molecule has 1 aromatic rings. The Labute approximate surface area is 105 Å². The van der Waals surface area contributed by atoms with Crippen LogP contribution in [0.2, 0.25) is 0 Å². The molecule has 0 aliphatic rings. The van der Waals surface area contributed by atoms with Gasteiger partial charge in [-0.2, -0.15) is 0 Å². The lowest BCUT2D eigenvalue weighted by Gasteiger charge is -2.14. The van der Waals surface area contributed by atoms with Gasteiger partial charge in [-0.15, -0.1) is 0 Å². The zero-order valence-corrected chi connectivity index (χ0v) is 11.0. The Kier molecular flexibility index (Phi) is 4.45. The number of benzene rings is 1. The second-order valence-electron chi connectivity index (χ2n) is 3.93. The molecular weight excluding hydrogens is 259 g/mol. The predicted octanol–water partition coefficient (Wildman–Crippen LogP) is 2.49. The summed E-state index contributed by atoms with van der Waals surface area (Å²) in [6.45, 7) is 3.43. The van der Waals surface area contributed by atoms with Crippen molar-refractivity contribution in [3.8, 4) is 0 Å². The predicted molar refractivity (Wildman–Crippen MR) is 64.9 cm³/mol. The molecule has 0 radical (unpaired) electrons. The van der Waals surface area contributed by atoms with Gasteiger partial charge in [-0.05, 0) is 31.0 Å². The number of sulfone groups is 1. The molecule has 4 nitrogen and oxygen atoms in total. The van der Waals surface area contributed by atoms with Crippen LogP contribution in [0.15, 0.2) is 23.1 Å². The van der Waals surface area contributed by atoms with Crippen LogP contribution >= 0.6 is 0 Å².